The summed E-state index contributed by atoms with van der Waals surface area (Å²) in [5.74, 6) is 6.91. The molecular formula is C28H39F3N8O. The topological polar surface area (TPSA) is 97.4 Å². The number of benzene rings is 1. The number of imidazole rings is 1. The van der Waals surface area contributed by atoms with Crippen LogP contribution in [0.25, 0.3) is 11.2 Å². The molecule has 2 aliphatic heterocycles. The number of ether oxygens (including phenoxy) is 1. The number of nitrogen functional groups attached to an aromatic ring is 1. The second-order valence-corrected chi connectivity index (χ2v) is 11.4. The number of hydrazine groups is 1. The van der Waals surface area contributed by atoms with Crippen LogP contribution in [0.5, 0.6) is 0 Å². The zero-order valence-corrected chi connectivity index (χ0v) is 23.7. The largest absolute Gasteiger partial charge is 0.376 e. The third kappa shape index (κ3) is 5.36. The predicted molar refractivity (Wildman–Crippen MR) is 149 cm³/mol. The maximum atomic E-state index is 14.6. The Balaban J connectivity index is 1.46. The van der Waals surface area contributed by atoms with Crippen LogP contribution in [-0.4, -0.2) is 62.3 Å². The number of nitrogens with zero attached hydrogens (tertiary/aromatic N) is 6. The van der Waals surface area contributed by atoms with E-state index in [-0.39, 0.29) is 30.1 Å². The van der Waals surface area contributed by atoms with Gasteiger partial charge < -0.3 is 14.2 Å². The van der Waals surface area contributed by atoms with Gasteiger partial charge in [-0.2, -0.15) is 9.97 Å². The quantitative estimate of drug-likeness (QED) is 0.294. The molecule has 3 aromatic rings. The molecule has 12 heteroatoms. The van der Waals surface area contributed by atoms with E-state index in [4.69, 9.17) is 20.5 Å². The number of hydrogen-bond acceptors (Lipinski definition) is 8. The summed E-state index contributed by atoms with van der Waals surface area (Å²) in [6, 6.07) is 4.05. The van der Waals surface area contributed by atoms with Crippen LogP contribution >= 0.6 is 0 Å². The first-order valence-corrected chi connectivity index (χ1v) is 14.0. The lowest BCUT2D eigenvalue weighted by Crippen LogP contribution is -2.58. The molecule has 2 aromatic heterocycles. The highest BCUT2D eigenvalue weighted by atomic mass is 19.3. The summed E-state index contributed by atoms with van der Waals surface area (Å²) in [6.07, 6.45) is -0.670. The molecule has 2 aliphatic rings. The molecule has 2 unspecified atom stereocenters. The number of aryl methyl sites for hydroxylation is 1. The number of aromatic nitrogens is 4. The normalized spacial score (nSPS) is 23.1. The number of halogens is 3. The van der Waals surface area contributed by atoms with Gasteiger partial charge in [0, 0.05) is 37.8 Å². The summed E-state index contributed by atoms with van der Waals surface area (Å²) < 4.78 is 48.9. The number of nitrogens with two attached hydrogens (primary N) is 1. The van der Waals surface area contributed by atoms with Crippen molar-refractivity contribution in [2.45, 2.75) is 84.7 Å². The summed E-state index contributed by atoms with van der Waals surface area (Å²) in [5.41, 5.74) is 4.18. The Hall–Kier alpha value is -2.96. The third-order valence-electron chi connectivity index (χ3n) is 8.20. The molecular weight excluding hydrogens is 521 g/mol. The number of nitrogens with one attached hydrogen (secondary N) is 1. The molecule has 2 fully saturated rings. The minimum absolute atomic E-state index is 0.0231. The monoisotopic (exact) mass is 560 g/mol. The lowest BCUT2D eigenvalue weighted by Gasteiger charge is -2.49. The van der Waals surface area contributed by atoms with Crippen molar-refractivity contribution in [1.82, 2.24) is 24.4 Å². The highest BCUT2D eigenvalue weighted by Gasteiger charge is 2.37. The molecule has 2 saturated heterocycles. The van der Waals surface area contributed by atoms with E-state index in [0.29, 0.717) is 48.1 Å². The van der Waals surface area contributed by atoms with E-state index in [0.717, 1.165) is 25.3 Å². The van der Waals surface area contributed by atoms with Crippen LogP contribution in [0.1, 0.15) is 70.0 Å². The molecule has 0 spiro atoms. The van der Waals surface area contributed by atoms with Gasteiger partial charge in [-0.05, 0) is 51.2 Å². The van der Waals surface area contributed by atoms with Gasteiger partial charge in [0.25, 0.3) is 6.43 Å². The minimum Gasteiger partial charge on any atom is -0.376 e. The number of hydrogen-bond donors (Lipinski definition) is 2. The molecule has 218 valence electrons. The van der Waals surface area contributed by atoms with Crippen molar-refractivity contribution in [1.29, 1.82) is 0 Å². The van der Waals surface area contributed by atoms with Crippen molar-refractivity contribution < 1.29 is 17.9 Å². The SMILES string of the molecule is Cc1nc2c(N3C[C@@H](C)N(C(c4ccc(C(F)F)c(F)c4)C(C)C)C[C@@H]3C)nc(NN)nc2n1CC1CCCO1. The molecule has 0 aliphatic carbocycles. The smallest absolute Gasteiger partial charge is 0.266 e. The van der Waals surface area contributed by atoms with Gasteiger partial charge in [0.1, 0.15) is 11.6 Å². The summed E-state index contributed by atoms with van der Waals surface area (Å²) in [7, 11) is 0. The Bertz CT molecular complexity index is 1340. The lowest BCUT2D eigenvalue weighted by molar-refractivity contribution is 0.0818. The number of fused-ring (bicyclic) bond motifs is 1. The van der Waals surface area contributed by atoms with E-state index in [1.165, 1.54) is 12.1 Å². The molecule has 40 heavy (non-hydrogen) atoms. The van der Waals surface area contributed by atoms with Crippen LogP contribution < -0.4 is 16.2 Å². The highest BCUT2D eigenvalue weighted by molar-refractivity contribution is 5.85. The Morgan fingerprint density at radius 3 is 2.52 bits per heavy atom. The molecule has 5 rings (SSSR count). The molecule has 9 nitrogen and oxygen atoms in total. The van der Waals surface area contributed by atoms with Crippen molar-refractivity contribution in [2.24, 2.45) is 11.8 Å². The molecule has 0 amide bonds. The van der Waals surface area contributed by atoms with Crippen molar-refractivity contribution in [2.75, 3.05) is 30.0 Å². The van der Waals surface area contributed by atoms with Crippen LogP contribution in [0.4, 0.5) is 24.9 Å². The maximum Gasteiger partial charge on any atom is 0.266 e. The van der Waals surface area contributed by atoms with E-state index in [2.05, 4.69) is 52.5 Å². The van der Waals surface area contributed by atoms with Crippen molar-refractivity contribution >= 4 is 22.9 Å². The summed E-state index contributed by atoms with van der Waals surface area (Å²) >= 11 is 0. The van der Waals surface area contributed by atoms with Gasteiger partial charge in [-0.1, -0.05) is 26.0 Å². The average Bonchev–Trinajstić information content (AvgIpc) is 3.53. The number of alkyl halides is 2. The Labute approximate surface area is 232 Å². The maximum absolute atomic E-state index is 14.6. The molecule has 4 heterocycles. The van der Waals surface area contributed by atoms with E-state index in [9.17, 15) is 13.2 Å². The zero-order valence-electron chi connectivity index (χ0n) is 23.7. The Morgan fingerprint density at radius 2 is 1.90 bits per heavy atom. The summed E-state index contributed by atoms with van der Waals surface area (Å²) in [4.78, 5) is 18.9. The second kappa shape index (κ2) is 11.5. The highest BCUT2D eigenvalue weighted by Crippen LogP contribution is 2.37. The first kappa shape index (κ1) is 28.6. The van der Waals surface area contributed by atoms with Gasteiger partial charge in [0.2, 0.25) is 5.95 Å². The van der Waals surface area contributed by atoms with E-state index < -0.39 is 17.8 Å². The summed E-state index contributed by atoms with van der Waals surface area (Å²) in [6.45, 7) is 13.1. The molecule has 1 aromatic carbocycles. The van der Waals surface area contributed by atoms with E-state index in [1.54, 1.807) is 6.07 Å². The van der Waals surface area contributed by atoms with Gasteiger partial charge in [0.05, 0.1) is 18.2 Å². The lowest BCUT2D eigenvalue weighted by atomic mass is 9.90. The van der Waals surface area contributed by atoms with Gasteiger partial charge in [-0.3, -0.25) is 10.3 Å². The van der Waals surface area contributed by atoms with Crippen LogP contribution in [0.2, 0.25) is 0 Å². The van der Waals surface area contributed by atoms with Gasteiger partial charge in [-0.25, -0.2) is 24.0 Å². The van der Waals surface area contributed by atoms with Gasteiger partial charge >= 0.3 is 0 Å². The first-order valence-electron chi connectivity index (χ1n) is 14.0. The fourth-order valence-electron chi connectivity index (χ4n) is 6.27. The number of piperazine rings is 1. The average molecular weight is 561 g/mol. The predicted octanol–water partition coefficient (Wildman–Crippen LogP) is 4.97. The fourth-order valence-corrected chi connectivity index (χ4v) is 6.27. The van der Waals surface area contributed by atoms with Crippen molar-refractivity contribution in [3.63, 3.8) is 0 Å². The molecule has 0 saturated carbocycles. The van der Waals surface area contributed by atoms with Crippen molar-refractivity contribution in [3.05, 3.63) is 41.0 Å². The molecule has 4 atom stereocenters. The van der Waals surface area contributed by atoms with Gasteiger partial charge in [0.15, 0.2) is 17.0 Å². The fraction of sp³-hybridized carbons (Fsp3) is 0.607. The second-order valence-electron chi connectivity index (χ2n) is 11.4. The molecule has 0 bridgehead atoms. The minimum atomic E-state index is -2.84. The molecule has 0 radical (unpaired) electrons. The zero-order chi connectivity index (χ0) is 28.7. The standard InChI is InChI=1S/C28H39F3N8O/c1-15(2)24(19-8-9-21(25(30)31)22(29)11-19)37-12-17(4)38(13-16(37)3)26-23-27(35-28(34-26)36-32)39(18(5)33-23)14-20-7-6-10-40-20/h8-9,11,15-17,20,24-25H,6-7,10,12-14,32H2,1-5H3,(H,34,35,36)/t16-,17+,20?,24?/m1/s1. The first-order chi connectivity index (χ1) is 19.1. The van der Waals surface area contributed by atoms with Crippen molar-refractivity contribution in [3.8, 4) is 0 Å². The van der Waals surface area contributed by atoms with Crippen LogP contribution in [-0.2, 0) is 11.3 Å². The summed E-state index contributed by atoms with van der Waals surface area (Å²) in [5, 5.41) is 0. The van der Waals surface area contributed by atoms with E-state index in [1.807, 2.05) is 6.92 Å². The molecule has 3 N–H and O–H groups in total. The Morgan fingerprint density at radius 1 is 1.12 bits per heavy atom. The number of anilines is 2. The van der Waals surface area contributed by atoms with Gasteiger partial charge in [-0.15, -0.1) is 0 Å². The third-order valence-corrected chi connectivity index (χ3v) is 8.20. The number of rotatable bonds is 8. The van der Waals surface area contributed by atoms with Crippen LogP contribution in [0.15, 0.2) is 18.2 Å². The van der Waals surface area contributed by atoms with E-state index >= 15 is 0 Å². The Kier molecular flexibility index (Phi) is 8.21. The van der Waals surface area contributed by atoms with Crippen LogP contribution in [0.3, 0.4) is 0 Å². The van der Waals surface area contributed by atoms with Crippen LogP contribution in [0, 0.1) is 18.7 Å².